The first-order valence-corrected chi connectivity index (χ1v) is 6.58. The number of rotatable bonds is 3. The largest absolute Gasteiger partial charge is 0.314 e. The van der Waals surface area contributed by atoms with Crippen molar-refractivity contribution in [2.75, 3.05) is 6.54 Å². The second kappa shape index (κ2) is 5.20. The molecule has 1 saturated carbocycles. The molecule has 2 heteroatoms. The molecule has 2 rings (SSSR count). The molecule has 0 saturated heterocycles. The monoisotopic (exact) mass is 237 g/mol. The molecule has 16 heavy (non-hydrogen) atoms. The van der Waals surface area contributed by atoms with Gasteiger partial charge in [-0.1, -0.05) is 30.7 Å². The van der Waals surface area contributed by atoms with Crippen LogP contribution in [0.4, 0.5) is 0 Å². The number of hydrogen-bond acceptors (Lipinski definition) is 1. The third-order valence-corrected chi connectivity index (χ3v) is 4.00. The van der Waals surface area contributed by atoms with Crippen molar-refractivity contribution in [2.45, 2.75) is 45.1 Å². The van der Waals surface area contributed by atoms with Gasteiger partial charge in [-0.15, -0.1) is 0 Å². The lowest BCUT2D eigenvalue weighted by molar-refractivity contribution is 0.535. The molecule has 1 fully saturated rings. The second-order valence-corrected chi connectivity index (χ2v) is 5.18. The molecule has 0 heterocycles. The van der Waals surface area contributed by atoms with E-state index < -0.39 is 0 Å². The number of aryl methyl sites for hydroxylation is 1. The van der Waals surface area contributed by atoms with Crippen LogP contribution in [0.1, 0.15) is 43.2 Å². The van der Waals surface area contributed by atoms with E-state index in [-0.39, 0.29) is 0 Å². The molecule has 1 aliphatic carbocycles. The summed E-state index contributed by atoms with van der Waals surface area (Å²) in [6.07, 6.45) is 3.84. The highest BCUT2D eigenvalue weighted by Crippen LogP contribution is 2.35. The molecule has 1 N–H and O–H groups in total. The summed E-state index contributed by atoms with van der Waals surface area (Å²) in [6.45, 7) is 5.31. The Morgan fingerprint density at radius 3 is 2.88 bits per heavy atom. The van der Waals surface area contributed by atoms with Crippen molar-refractivity contribution in [3.63, 3.8) is 0 Å². The zero-order valence-electron chi connectivity index (χ0n) is 10.1. The van der Waals surface area contributed by atoms with Gasteiger partial charge >= 0.3 is 0 Å². The normalized spacial score (nSPS) is 24.9. The van der Waals surface area contributed by atoms with Crippen molar-refractivity contribution in [3.8, 4) is 0 Å². The molecule has 2 unspecified atom stereocenters. The van der Waals surface area contributed by atoms with Crippen LogP contribution in [0.5, 0.6) is 0 Å². The van der Waals surface area contributed by atoms with Gasteiger partial charge in [0, 0.05) is 11.1 Å². The van der Waals surface area contributed by atoms with Gasteiger partial charge in [-0.3, -0.25) is 0 Å². The summed E-state index contributed by atoms with van der Waals surface area (Å²) in [7, 11) is 0. The Labute approximate surface area is 103 Å². The lowest BCUT2D eigenvalue weighted by Crippen LogP contribution is -2.25. The molecular formula is C14H20ClN. The summed E-state index contributed by atoms with van der Waals surface area (Å²) < 4.78 is 0. The first-order valence-electron chi connectivity index (χ1n) is 6.20. The highest BCUT2D eigenvalue weighted by Gasteiger charge is 2.25. The zero-order chi connectivity index (χ0) is 11.5. The van der Waals surface area contributed by atoms with E-state index in [1.54, 1.807) is 0 Å². The van der Waals surface area contributed by atoms with Gasteiger partial charge in [0.2, 0.25) is 0 Å². The lowest BCUT2D eigenvalue weighted by atomic mass is 9.96. The fourth-order valence-corrected chi connectivity index (χ4v) is 2.81. The topological polar surface area (TPSA) is 12.0 Å². The number of benzene rings is 1. The molecule has 88 valence electrons. The Morgan fingerprint density at radius 1 is 1.38 bits per heavy atom. The van der Waals surface area contributed by atoms with Gasteiger partial charge in [-0.05, 0) is 55.8 Å². The summed E-state index contributed by atoms with van der Waals surface area (Å²) in [6, 6.07) is 7.23. The van der Waals surface area contributed by atoms with Gasteiger partial charge in [0.15, 0.2) is 0 Å². The lowest BCUT2D eigenvalue weighted by Gasteiger charge is -2.13. The van der Waals surface area contributed by atoms with Crippen LogP contribution in [0.3, 0.4) is 0 Å². The molecule has 0 aliphatic heterocycles. The maximum Gasteiger partial charge on any atom is 0.0438 e. The molecule has 0 radical (unpaired) electrons. The average Bonchev–Trinajstić information content (AvgIpc) is 2.71. The summed E-state index contributed by atoms with van der Waals surface area (Å²) in [4.78, 5) is 0. The Morgan fingerprint density at radius 2 is 2.19 bits per heavy atom. The first-order chi connectivity index (χ1) is 7.70. The van der Waals surface area contributed by atoms with Crippen LogP contribution in [-0.4, -0.2) is 12.6 Å². The fraction of sp³-hybridized carbons (Fsp3) is 0.571. The van der Waals surface area contributed by atoms with Crippen molar-refractivity contribution in [1.29, 1.82) is 0 Å². The second-order valence-electron chi connectivity index (χ2n) is 4.77. The van der Waals surface area contributed by atoms with Crippen molar-refractivity contribution in [3.05, 3.63) is 34.3 Å². The fourth-order valence-electron chi connectivity index (χ4n) is 2.62. The number of nitrogens with one attached hydrogen (secondary N) is 1. The Hall–Kier alpha value is -0.530. The minimum Gasteiger partial charge on any atom is -0.314 e. The van der Waals surface area contributed by atoms with Crippen LogP contribution in [0.15, 0.2) is 18.2 Å². The van der Waals surface area contributed by atoms with Crippen LogP contribution in [-0.2, 0) is 0 Å². The maximum atomic E-state index is 6.17. The minimum atomic E-state index is 0.696. The van der Waals surface area contributed by atoms with Crippen molar-refractivity contribution in [1.82, 2.24) is 5.32 Å². The van der Waals surface area contributed by atoms with Gasteiger partial charge in [-0.25, -0.2) is 0 Å². The van der Waals surface area contributed by atoms with Crippen LogP contribution >= 0.6 is 11.6 Å². The highest BCUT2D eigenvalue weighted by atomic mass is 35.5. The van der Waals surface area contributed by atoms with Gasteiger partial charge in [0.1, 0.15) is 0 Å². The van der Waals surface area contributed by atoms with Gasteiger partial charge in [-0.2, -0.15) is 0 Å². The van der Waals surface area contributed by atoms with Crippen molar-refractivity contribution < 1.29 is 0 Å². The molecule has 0 bridgehead atoms. The molecule has 1 aliphatic rings. The molecule has 0 aromatic heterocycles. The molecule has 0 amide bonds. The minimum absolute atomic E-state index is 0.696. The van der Waals surface area contributed by atoms with Gasteiger partial charge in [0.25, 0.3) is 0 Å². The summed E-state index contributed by atoms with van der Waals surface area (Å²) >= 11 is 6.17. The van der Waals surface area contributed by atoms with Crippen LogP contribution in [0.2, 0.25) is 5.02 Å². The molecular weight excluding hydrogens is 218 g/mol. The molecule has 1 nitrogen and oxygen atoms in total. The molecule has 0 spiro atoms. The average molecular weight is 238 g/mol. The first kappa shape index (κ1) is 11.9. The Balaban J connectivity index is 2.05. The van der Waals surface area contributed by atoms with Crippen LogP contribution < -0.4 is 5.32 Å². The SMILES string of the molecule is CCNC1CCC(c2ccc(C)c(Cl)c2)C1. The van der Waals surface area contributed by atoms with E-state index in [0.717, 1.165) is 11.6 Å². The maximum absolute atomic E-state index is 6.17. The molecule has 1 aromatic rings. The van der Waals surface area contributed by atoms with E-state index in [1.807, 2.05) is 0 Å². The van der Waals surface area contributed by atoms with E-state index >= 15 is 0 Å². The number of halogens is 1. The van der Waals surface area contributed by atoms with Gasteiger partial charge in [0.05, 0.1) is 0 Å². The summed E-state index contributed by atoms with van der Waals surface area (Å²) in [5.74, 6) is 0.696. The van der Waals surface area contributed by atoms with Crippen molar-refractivity contribution in [2.24, 2.45) is 0 Å². The predicted octanol–water partition coefficient (Wildman–Crippen LogP) is 3.89. The van der Waals surface area contributed by atoms with Crippen LogP contribution in [0, 0.1) is 6.92 Å². The van der Waals surface area contributed by atoms with E-state index in [0.29, 0.717) is 12.0 Å². The van der Waals surface area contributed by atoms with E-state index in [9.17, 15) is 0 Å². The highest BCUT2D eigenvalue weighted by molar-refractivity contribution is 6.31. The predicted molar refractivity (Wildman–Crippen MR) is 70.2 cm³/mol. The quantitative estimate of drug-likeness (QED) is 0.841. The number of hydrogen-bond donors (Lipinski definition) is 1. The van der Waals surface area contributed by atoms with E-state index in [1.165, 1.54) is 30.4 Å². The van der Waals surface area contributed by atoms with Crippen LogP contribution in [0.25, 0.3) is 0 Å². The van der Waals surface area contributed by atoms with Crippen molar-refractivity contribution >= 4 is 11.6 Å². The van der Waals surface area contributed by atoms with Gasteiger partial charge < -0.3 is 5.32 Å². The summed E-state index contributed by atoms with van der Waals surface area (Å²) in [5.41, 5.74) is 2.59. The standard InChI is InChI=1S/C14H20ClN/c1-3-16-13-7-6-11(8-13)12-5-4-10(2)14(15)9-12/h4-5,9,11,13,16H,3,6-8H2,1-2H3. The Bertz CT molecular complexity index is 362. The summed E-state index contributed by atoms with van der Waals surface area (Å²) in [5, 5.41) is 4.44. The van der Waals surface area contributed by atoms with E-state index in [2.05, 4.69) is 37.4 Å². The smallest absolute Gasteiger partial charge is 0.0438 e. The third-order valence-electron chi connectivity index (χ3n) is 3.59. The Kier molecular flexibility index (Phi) is 3.88. The van der Waals surface area contributed by atoms with E-state index in [4.69, 9.17) is 11.6 Å². The molecule has 2 atom stereocenters. The zero-order valence-corrected chi connectivity index (χ0v) is 10.8. The third kappa shape index (κ3) is 2.58. The molecule has 1 aromatic carbocycles.